The normalized spacial score (nSPS) is 23.2. The lowest BCUT2D eigenvalue weighted by molar-refractivity contribution is -0.363. The van der Waals surface area contributed by atoms with Gasteiger partial charge in [-0.1, -0.05) is 121 Å². The molecule has 0 radical (unpaired) electrons. The Kier molecular flexibility index (Phi) is 11.1. The van der Waals surface area contributed by atoms with Crippen molar-refractivity contribution >= 4 is 6.16 Å². The summed E-state index contributed by atoms with van der Waals surface area (Å²) in [5.41, 5.74) is 3.81. The molecule has 0 aliphatic carbocycles. The molecule has 1 unspecified atom stereocenters. The van der Waals surface area contributed by atoms with Crippen LogP contribution < -0.4 is 0 Å². The van der Waals surface area contributed by atoms with Crippen LogP contribution in [0.5, 0.6) is 0 Å². The standard InChI is InChI=1S/C36H38O8/c1-36(44-35(37)38)34(42-25-30-20-12-5-13-21-30)33(41-24-29-18-10-4-11-19-29)32(40-23-28-16-8-3-9-17-28)31(43-36)26-39-22-27-14-6-2-7-15-27/h2-21,31-34H,22-26H2,1H3,(H,37,38)/t31-,32-,33+,34-,36?/m1/s1. The topological polar surface area (TPSA) is 92.7 Å². The van der Waals surface area contributed by atoms with E-state index in [1.165, 1.54) is 0 Å². The zero-order valence-electron chi connectivity index (χ0n) is 24.7. The fourth-order valence-electron chi connectivity index (χ4n) is 5.29. The fraction of sp³-hybridized carbons (Fsp3) is 0.306. The predicted octanol–water partition coefficient (Wildman–Crippen LogP) is 6.77. The van der Waals surface area contributed by atoms with Crippen LogP contribution in [-0.4, -0.2) is 48.1 Å². The summed E-state index contributed by atoms with van der Waals surface area (Å²) in [4.78, 5) is 12.0. The molecule has 44 heavy (non-hydrogen) atoms. The van der Waals surface area contributed by atoms with E-state index in [4.69, 9.17) is 28.4 Å². The summed E-state index contributed by atoms with van der Waals surface area (Å²) >= 11 is 0. The molecule has 1 heterocycles. The average Bonchev–Trinajstić information content (AvgIpc) is 3.04. The van der Waals surface area contributed by atoms with E-state index in [1.54, 1.807) is 6.92 Å². The molecule has 0 amide bonds. The summed E-state index contributed by atoms with van der Waals surface area (Å²) < 4.78 is 37.6. The molecule has 1 fully saturated rings. The lowest BCUT2D eigenvalue weighted by atomic mass is 9.92. The van der Waals surface area contributed by atoms with Gasteiger partial charge in [0.05, 0.1) is 33.0 Å². The first-order valence-corrected chi connectivity index (χ1v) is 14.7. The van der Waals surface area contributed by atoms with Crippen molar-refractivity contribution in [3.8, 4) is 0 Å². The number of carboxylic acid groups (broad SMARTS) is 1. The van der Waals surface area contributed by atoms with Gasteiger partial charge in [0, 0.05) is 6.92 Å². The molecule has 5 rings (SSSR count). The van der Waals surface area contributed by atoms with Gasteiger partial charge in [0.15, 0.2) is 6.10 Å². The molecule has 4 aromatic rings. The van der Waals surface area contributed by atoms with Crippen LogP contribution in [0.25, 0.3) is 0 Å². The van der Waals surface area contributed by atoms with Crippen molar-refractivity contribution in [1.29, 1.82) is 0 Å². The molecule has 8 heteroatoms. The Morgan fingerprint density at radius 2 is 1.05 bits per heavy atom. The maximum Gasteiger partial charge on any atom is 0.508 e. The highest BCUT2D eigenvalue weighted by molar-refractivity contribution is 5.57. The molecular formula is C36H38O8. The molecule has 1 N–H and O–H groups in total. The van der Waals surface area contributed by atoms with Crippen LogP contribution in [0.3, 0.4) is 0 Å². The SMILES string of the molecule is CC1(OC(=O)O)O[C@H](COCc2ccccc2)[C@@H](OCc2ccccc2)[C@H](OCc2ccccc2)[C@H]1OCc1ccccc1. The summed E-state index contributed by atoms with van der Waals surface area (Å²) in [6.45, 7) is 2.70. The highest BCUT2D eigenvalue weighted by atomic mass is 16.8. The first kappa shape index (κ1) is 31.4. The van der Waals surface area contributed by atoms with Gasteiger partial charge in [0.25, 0.3) is 0 Å². The second-order valence-electron chi connectivity index (χ2n) is 10.8. The molecule has 8 nitrogen and oxygen atoms in total. The Balaban J connectivity index is 1.46. The van der Waals surface area contributed by atoms with Crippen molar-refractivity contribution in [2.24, 2.45) is 0 Å². The summed E-state index contributed by atoms with van der Waals surface area (Å²) in [6, 6.07) is 38.9. The molecule has 1 aliphatic rings. The molecule has 4 aromatic carbocycles. The molecule has 0 spiro atoms. The minimum Gasteiger partial charge on any atom is -0.450 e. The van der Waals surface area contributed by atoms with Gasteiger partial charge in [-0.25, -0.2) is 4.79 Å². The molecule has 1 saturated heterocycles. The third kappa shape index (κ3) is 8.75. The van der Waals surface area contributed by atoms with Crippen LogP contribution in [0.1, 0.15) is 29.2 Å². The molecule has 0 aromatic heterocycles. The second-order valence-corrected chi connectivity index (χ2v) is 10.8. The van der Waals surface area contributed by atoms with Gasteiger partial charge < -0.3 is 33.5 Å². The molecular weight excluding hydrogens is 560 g/mol. The molecule has 0 saturated carbocycles. The van der Waals surface area contributed by atoms with E-state index >= 15 is 0 Å². The van der Waals surface area contributed by atoms with Gasteiger partial charge in [-0.3, -0.25) is 0 Å². The molecule has 1 aliphatic heterocycles. The minimum absolute atomic E-state index is 0.101. The maximum atomic E-state index is 12.0. The number of hydrogen-bond acceptors (Lipinski definition) is 7. The second kappa shape index (κ2) is 15.6. The van der Waals surface area contributed by atoms with E-state index in [1.807, 2.05) is 121 Å². The monoisotopic (exact) mass is 598 g/mol. The van der Waals surface area contributed by atoms with Crippen molar-refractivity contribution in [3.05, 3.63) is 144 Å². The highest BCUT2D eigenvalue weighted by Gasteiger charge is 2.57. The Bertz CT molecular complexity index is 1400. The van der Waals surface area contributed by atoms with E-state index in [9.17, 15) is 9.90 Å². The van der Waals surface area contributed by atoms with Gasteiger partial charge in [-0.05, 0) is 22.3 Å². The van der Waals surface area contributed by atoms with E-state index in [0.717, 1.165) is 22.3 Å². The number of rotatable bonds is 14. The Morgan fingerprint density at radius 1 is 0.636 bits per heavy atom. The van der Waals surface area contributed by atoms with Crippen LogP contribution in [0.2, 0.25) is 0 Å². The average molecular weight is 599 g/mol. The number of carbonyl (C=O) groups is 1. The zero-order valence-corrected chi connectivity index (χ0v) is 24.7. The summed E-state index contributed by atoms with van der Waals surface area (Å²) in [5, 5.41) is 9.80. The third-order valence-electron chi connectivity index (χ3n) is 7.42. The van der Waals surface area contributed by atoms with Gasteiger partial charge in [0.2, 0.25) is 5.79 Å². The van der Waals surface area contributed by atoms with Crippen molar-refractivity contribution in [1.82, 2.24) is 0 Å². The summed E-state index contributed by atoms with van der Waals surface area (Å²) in [5.74, 6) is -1.73. The van der Waals surface area contributed by atoms with Crippen LogP contribution >= 0.6 is 0 Å². The van der Waals surface area contributed by atoms with E-state index in [2.05, 4.69) is 0 Å². The number of hydrogen-bond donors (Lipinski definition) is 1. The lowest BCUT2D eigenvalue weighted by Crippen LogP contribution is -2.67. The lowest BCUT2D eigenvalue weighted by Gasteiger charge is -2.50. The van der Waals surface area contributed by atoms with Crippen LogP contribution in [0.15, 0.2) is 121 Å². The number of ether oxygens (including phenoxy) is 6. The van der Waals surface area contributed by atoms with Crippen molar-refractivity contribution in [2.45, 2.75) is 63.6 Å². The maximum absolute atomic E-state index is 12.0. The van der Waals surface area contributed by atoms with Crippen LogP contribution in [-0.2, 0) is 54.8 Å². The van der Waals surface area contributed by atoms with Gasteiger partial charge >= 0.3 is 6.16 Å². The van der Waals surface area contributed by atoms with Crippen LogP contribution in [0, 0.1) is 0 Å². The van der Waals surface area contributed by atoms with Gasteiger partial charge in [0.1, 0.15) is 18.3 Å². The number of benzene rings is 4. The molecule has 0 bridgehead atoms. The Hall–Kier alpha value is -4.05. The highest BCUT2D eigenvalue weighted by Crippen LogP contribution is 2.38. The predicted molar refractivity (Wildman–Crippen MR) is 164 cm³/mol. The van der Waals surface area contributed by atoms with E-state index in [-0.39, 0.29) is 26.4 Å². The van der Waals surface area contributed by atoms with Crippen molar-refractivity contribution in [2.75, 3.05) is 6.61 Å². The quantitative estimate of drug-likeness (QED) is 0.159. The van der Waals surface area contributed by atoms with Crippen molar-refractivity contribution in [3.63, 3.8) is 0 Å². The van der Waals surface area contributed by atoms with Gasteiger partial charge in [-0.2, -0.15) is 0 Å². The largest absolute Gasteiger partial charge is 0.508 e. The first-order chi connectivity index (χ1) is 21.5. The smallest absolute Gasteiger partial charge is 0.450 e. The fourth-order valence-corrected chi connectivity index (χ4v) is 5.29. The van der Waals surface area contributed by atoms with Crippen molar-refractivity contribution < 1.29 is 38.3 Å². The van der Waals surface area contributed by atoms with E-state index < -0.39 is 36.4 Å². The Morgan fingerprint density at radius 3 is 1.50 bits per heavy atom. The third-order valence-corrected chi connectivity index (χ3v) is 7.42. The molecule has 230 valence electrons. The molecule has 5 atom stereocenters. The summed E-state index contributed by atoms with van der Waals surface area (Å²) in [6.07, 6.45) is -4.69. The Labute approximate surface area is 258 Å². The van der Waals surface area contributed by atoms with Crippen LogP contribution in [0.4, 0.5) is 4.79 Å². The van der Waals surface area contributed by atoms with E-state index in [0.29, 0.717) is 6.61 Å². The summed E-state index contributed by atoms with van der Waals surface area (Å²) in [7, 11) is 0. The first-order valence-electron chi connectivity index (χ1n) is 14.7. The zero-order chi connectivity index (χ0) is 30.6. The van der Waals surface area contributed by atoms with Gasteiger partial charge in [-0.15, -0.1) is 0 Å². The minimum atomic E-state index is -1.73.